The van der Waals surface area contributed by atoms with Gasteiger partial charge in [0, 0.05) is 36.0 Å². The van der Waals surface area contributed by atoms with Crippen molar-refractivity contribution in [3.05, 3.63) is 35.5 Å². The maximum Gasteiger partial charge on any atom is 0.256 e. The molecule has 0 unspecified atom stereocenters. The molecule has 1 aromatic carbocycles. The number of nitriles is 1. The van der Waals surface area contributed by atoms with E-state index in [-0.39, 0.29) is 18.7 Å². The number of amides is 3. The van der Waals surface area contributed by atoms with Gasteiger partial charge in [0.2, 0.25) is 11.8 Å². The van der Waals surface area contributed by atoms with Gasteiger partial charge in [0.1, 0.15) is 12.1 Å². The van der Waals surface area contributed by atoms with Crippen LogP contribution in [0.25, 0.3) is 10.9 Å². The Morgan fingerprint density at radius 1 is 1.31 bits per heavy atom. The highest BCUT2D eigenvalue weighted by molar-refractivity contribution is 6.07. The van der Waals surface area contributed by atoms with Gasteiger partial charge in [-0.2, -0.15) is 5.26 Å². The molecule has 6 rings (SSSR count). The van der Waals surface area contributed by atoms with E-state index in [4.69, 9.17) is 0 Å². The molecule has 184 valence electrons. The number of fused-ring (bicyclic) bond motifs is 4. The normalized spacial score (nSPS) is 27.9. The van der Waals surface area contributed by atoms with Crippen LogP contribution in [0.3, 0.4) is 0 Å². The zero-order chi connectivity index (χ0) is 24.9. The van der Waals surface area contributed by atoms with Crippen LogP contribution in [-0.2, 0) is 9.59 Å². The van der Waals surface area contributed by atoms with E-state index in [1.54, 1.807) is 12.1 Å². The number of halogens is 2. The average molecular weight is 484 g/mol. The first-order valence-corrected chi connectivity index (χ1v) is 12.0. The third kappa shape index (κ3) is 4.03. The standard InChI is InChI=1S/C25H27F2N5O3/c1-13-9-14-3-2-4-18(20(14)30-13)24(35)32-17-5-6-19(25(26,27)11-17)21(32)23(34)31-16(12-28)10-15-7-8-29-22(15)33/h2-4,9,15-17,19,21,30H,5-8,10-11H2,1H3,(H,29,33)(H,31,34)/t15-,16-,17-,19-,21-/m1/s1. The minimum absolute atomic E-state index is 0.0975. The summed E-state index contributed by atoms with van der Waals surface area (Å²) in [4.78, 5) is 43.6. The van der Waals surface area contributed by atoms with Crippen LogP contribution in [0.1, 0.15) is 48.2 Å². The van der Waals surface area contributed by atoms with Gasteiger partial charge in [0.05, 0.1) is 23.1 Å². The molecule has 3 aliphatic heterocycles. The fraction of sp³-hybridized carbons (Fsp3) is 0.520. The molecule has 3 amide bonds. The van der Waals surface area contributed by atoms with Gasteiger partial charge in [-0.1, -0.05) is 12.1 Å². The summed E-state index contributed by atoms with van der Waals surface area (Å²) in [6, 6.07) is 5.88. The van der Waals surface area contributed by atoms with E-state index in [0.717, 1.165) is 11.1 Å². The highest BCUT2D eigenvalue weighted by atomic mass is 19.3. The number of hydrogen-bond acceptors (Lipinski definition) is 4. The van der Waals surface area contributed by atoms with Crippen molar-refractivity contribution in [3.63, 3.8) is 0 Å². The van der Waals surface area contributed by atoms with Crippen LogP contribution in [0, 0.1) is 30.1 Å². The molecule has 0 spiro atoms. The summed E-state index contributed by atoms with van der Waals surface area (Å²) in [5.41, 5.74) is 1.78. The lowest BCUT2D eigenvalue weighted by Gasteiger charge is -2.53. The fourth-order valence-corrected chi connectivity index (χ4v) is 5.97. The molecule has 4 aliphatic rings. The Kier molecular flexibility index (Phi) is 5.74. The number of carbonyl (C=O) groups excluding carboxylic acids is 3. The Hall–Kier alpha value is -3.48. The summed E-state index contributed by atoms with van der Waals surface area (Å²) in [6.07, 6.45) is 0.660. The molecule has 4 fully saturated rings. The van der Waals surface area contributed by atoms with Crippen LogP contribution in [0.4, 0.5) is 8.78 Å². The highest BCUT2D eigenvalue weighted by Gasteiger charge is 2.60. The lowest BCUT2D eigenvalue weighted by atomic mass is 9.71. The van der Waals surface area contributed by atoms with Gasteiger partial charge in [-0.25, -0.2) is 8.78 Å². The number of rotatable bonds is 5. The minimum Gasteiger partial charge on any atom is -0.358 e. The molecule has 1 saturated carbocycles. The summed E-state index contributed by atoms with van der Waals surface area (Å²) in [7, 11) is 0. The molecule has 10 heteroatoms. The Morgan fingerprint density at radius 3 is 2.80 bits per heavy atom. The van der Waals surface area contributed by atoms with E-state index in [0.29, 0.717) is 30.5 Å². The van der Waals surface area contributed by atoms with Crippen LogP contribution >= 0.6 is 0 Å². The second-order valence-corrected chi connectivity index (χ2v) is 9.88. The second-order valence-electron chi connectivity index (χ2n) is 9.88. The largest absolute Gasteiger partial charge is 0.358 e. The Bertz CT molecular complexity index is 1240. The van der Waals surface area contributed by atoms with Crippen molar-refractivity contribution in [2.45, 2.75) is 63.1 Å². The molecule has 3 saturated heterocycles. The zero-order valence-electron chi connectivity index (χ0n) is 19.3. The van der Waals surface area contributed by atoms with E-state index in [1.807, 2.05) is 25.1 Å². The van der Waals surface area contributed by atoms with Gasteiger partial charge < -0.3 is 20.5 Å². The van der Waals surface area contributed by atoms with Gasteiger partial charge in [0.15, 0.2) is 0 Å². The number of aryl methyl sites for hydroxylation is 1. The van der Waals surface area contributed by atoms with Gasteiger partial charge in [-0.3, -0.25) is 14.4 Å². The first kappa shape index (κ1) is 23.3. The number of carbonyl (C=O) groups is 3. The monoisotopic (exact) mass is 483 g/mol. The number of piperidine rings is 2. The topological polar surface area (TPSA) is 118 Å². The van der Waals surface area contributed by atoms with E-state index in [2.05, 4.69) is 15.6 Å². The molecule has 5 atom stereocenters. The molecular weight excluding hydrogens is 456 g/mol. The van der Waals surface area contributed by atoms with Crippen molar-refractivity contribution in [3.8, 4) is 6.07 Å². The summed E-state index contributed by atoms with van der Waals surface area (Å²) >= 11 is 0. The summed E-state index contributed by atoms with van der Waals surface area (Å²) in [6.45, 7) is 2.36. The van der Waals surface area contributed by atoms with E-state index in [9.17, 15) is 28.4 Å². The fourth-order valence-electron chi connectivity index (χ4n) is 5.97. The van der Waals surface area contributed by atoms with Gasteiger partial charge in [0.25, 0.3) is 11.8 Å². The predicted octanol–water partition coefficient (Wildman–Crippen LogP) is 2.64. The molecule has 3 N–H and O–H groups in total. The van der Waals surface area contributed by atoms with Gasteiger partial charge >= 0.3 is 0 Å². The average Bonchev–Trinajstić information content (AvgIpc) is 3.40. The molecule has 2 aromatic rings. The van der Waals surface area contributed by atoms with Crippen LogP contribution in [0.15, 0.2) is 24.3 Å². The van der Waals surface area contributed by atoms with Crippen molar-refractivity contribution in [1.29, 1.82) is 5.26 Å². The molecule has 8 nitrogen and oxygen atoms in total. The SMILES string of the molecule is Cc1cc2cccc(C(=O)N3[C@@H]4CC[C@H]([C@@H]3C(=O)N[C@@H](C#N)C[C@H]3CCNC3=O)C(F)(F)C4)c2[nH]1. The first-order valence-electron chi connectivity index (χ1n) is 12.0. The quantitative estimate of drug-likeness (QED) is 0.606. The number of H-pyrrole nitrogens is 1. The van der Waals surface area contributed by atoms with Crippen LogP contribution in [-0.4, -0.2) is 58.2 Å². The molecule has 0 radical (unpaired) electrons. The van der Waals surface area contributed by atoms with Gasteiger partial charge in [-0.05, 0) is 44.7 Å². The molecule has 35 heavy (non-hydrogen) atoms. The van der Waals surface area contributed by atoms with E-state index < -0.39 is 54.1 Å². The van der Waals surface area contributed by atoms with Crippen molar-refractivity contribution in [2.75, 3.05) is 6.54 Å². The summed E-state index contributed by atoms with van der Waals surface area (Å²) < 4.78 is 29.9. The number of hydrogen-bond donors (Lipinski definition) is 3. The summed E-state index contributed by atoms with van der Waals surface area (Å²) in [5, 5.41) is 15.7. The lowest BCUT2D eigenvalue weighted by Crippen LogP contribution is -2.68. The number of nitrogens with zero attached hydrogens (tertiary/aromatic N) is 2. The lowest BCUT2D eigenvalue weighted by molar-refractivity contribution is -0.179. The Balaban J connectivity index is 1.45. The number of aromatic nitrogens is 1. The zero-order valence-corrected chi connectivity index (χ0v) is 19.3. The number of para-hydroxylation sites is 1. The molecular formula is C25H27F2N5O3. The maximum atomic E-state index is 15.0. The molecule has 4 heterocycles. The number of alkyl halides is 2. The third-order valence-electron chi connectivity index (χ3n) is 7.62. The van der Waals surface area contributed by atoms with Crippen molar-refractivity contribution >= 4 is 28.6 Å². The highest BCUT2D eigenvalue weighted by Crippen LogP contribution is 2.49. The number of nitrogens with one attached hydrogen (secondary N) is 3. The van der Waals surface area contributed by atoms with Crippen LogP contribution < -0.4 is 10.6 Å². The van der Waals surface area contributed by atoms with Crippen LogP contribution in [0.2, 0.25) is 0 Å². The Labute approximate surface area is 201 Å². The number of aromatic amines is 1. The number of benzene rings is 1. The molecule has 1 aromatic heterocycles. The Morgan fingerprint density at radius 2 is 2.11 bits per heavy atom. The van der Waals surface area contributed by atoms with Crippen LogP contribution in [0.5, 0.6) is 0 Å². The van der Waals surface area contributed by atoms with Crippen molar-refractivity contribution < 1.29 is 23.2 Å². The van der Waals surface area contributed by atoms with Gasteiger partial charge in [-0.15, -0.1) is 0 Å². The second kappa shape index (κ2) is 8.63. The predicted molar refractivity (Wildman–Crippen MR) is 122 cm³/mol. The van der Waals surface area contributed by atoms with Crippen molar-refractivity contribution in [1.82, 2.24) is 20.5 Å². The van der Waals surface area contributed by atoms with Crippen molar-refractivity contribution in [2.24, 2.45) is 11.8 Å². The minimum atomic E-state index is -3.09. The van der Waals surface area contributed by atoms with E-state index >= 15 is 0 Å². The molecule has 2 bridgehead atoms. The summed E-state index contributed by atoms with van der Waals surface area (Å²) in [5.74, 6) is -6.29. The smallest absolute Gasteiger partial charge is 0.256 e. The molecule has 1 aliphatic carbocycles. The first-order chi connectivity index (χ1) is 16.7. The third-order valence-corrected chi connectivity index (χ3v) is 7.62. The maximum absolute atomic E-state index is 15.0. The van der Waals surface area contributed by atoms with E-state index in [1.165, 1.54) is 4.90 Å².